The molecule has 0 aliphatic heterocycles. The van der Waals surface area contributed by atoms with Crippen LogP contribution in [0.2, 0.25) is 0 Å². The quantitative estimate of drug-likeness (QED) is 0.415. The molecular formula is C29H36N2O3. The maximum atomic E-state index is 13.6. The second kappa shape index (κ2) is 8.44. The molecule has 5 heteroatoms. The van der Waals surface area contributed by atoms with Crippen molar-refractivity contribution in [1.29, 1.82) is 0 Å². The molecule has 1 amide bonds. The standard InChI is InChI=1S/C29H36N2O3/c1-5-6-7-14-31-18-22(26(33)30-27-28(2,3)20-12-13-29(27,4)17-20)25(32)21-16-19(10-11-23(21)31)24-9-8-15-34-24/h8-11,15-16,18,20,27H,5-7,12-14,17H2,1-4H3,(H,30,33)/t20-,27?,29+/m0/s1. The first-order valence-corrected chi connectivity index (χ1v) is 12.8. The van der Waals surface area contributed by atoms with Crippen molar-refractivity contribution in [2.24, 2.45) is 16.7 Å². The summed E-state index contributed by atoms with van der Waals surface area (Å²) in [7, 11) is 0. The van der Waals surface area contributed by atoms with Crippen LogP contribution in [0.4, 0.5) is 0 Å². The average Bonchev–Trinajstić information content (AvgIpc) is 3.52. The molecule has 2 saturated carbocycles. The molecule has 3 aromatic rings. The van der Waals surface area contributed by atoms with Crippen molar-refractivity contribution in [3.63, 3.8) is 0 Å². The predicted molar refractivity (Wildman–Crippen MR) is 136 cm³/mol. The molecule has 2 aromatic heterocycles. The summed E-state index contributed by atoms with van der Waals surface area (Å²) in [6.45, 7) is 9.79. The predicted octanol–water partition coefficient (Wildman–Crippen LogP) is 6.40. The van der Waals surface area contributed by atoms with E-state index < -0.39 is 0 Å². The van der Waals surface area contributed by atoms with Gasteiger partial charge in [0, 0.05) is 29.7 Å². The van der Waals surface area contributed by atoms with E-state index >= 15 is 0 Å². The minimum Gasteiger partial charge on any atom is -0.464 e. The van der Waals surface area contributed by atoms with Crippen molar-refractivity contribution in [3.05, 3.63) is 58.6 Å². The Hall–Kier alpha value is -2.82. The Kier molecular flexibility index (Phi) is 5.70. The van der Waals surface area contributed by atoms with Crippen LogP contribution in [-0.4, -0.2) is 16.5 Å². The van der Waals surface area contributed by atoms with Crippen LogP contribution in [0.5, 0.6) is 0 Å². The number of fused-ring (bicyclic) bond motifs is 3. The summed E-state index contributed by atoms with van der Waals surface area (Å²) < 4.78 is 7.64. The van der Waals surface area contributed by atoms with Crippen LogP contribution in [0, 0.1) is 16.7 Å². The number of carbonyl (C=O) groups is 1. The first-order valence-electron chi connectivity index (χ1n) is 12.8. The third-order valence-corrected chi connectivity index (χ3v) is 8.68. The maximum Gasteiger partial charge on any atom is 0.257 e. The number of benzene rings is 1. The van der Waals surface area contributed by atoms with Crippen LogP contribution in [0.15, 0.2) is 52.0 Å². The van der Waals surface area contributed by atoms with E-state index in [2.05, 4.69) is 37.6 Å². The van der Waals surface area contributed by atoms with E-state index in [0.29, 0.717) is 17.1 Å². The summed E-state index contributed by atoms with van der Waals surface area (Å²) in [6, 6.07) is 9.62. The zero-order valence-electron chi connectivity index (χ0n) is 20.8. The fourth-order valence-corrected chi connectivity index (χ4v) is 6.74. The second-order valence-electron chi connectivity index (χ2n) is 11.3. The van der Waals surface area contributed by atoms with Crippen molar-refractivity contribution in [3.8, 4) is 11.3 Å². The Labute approximate surface area is 201 Å². The number of amides is 1. The molecule has 2 fully saturated rings. The van der Waals surface area contributed by atoms with Gasteiger partial charge in [-0.3, -0.25) is 9.59 Å². The van der Waals surface area contributed by atoms with Gasteiger partial charge in [0.1, 0.15) is 11.3 Å². The number of hydrogen-bond donors (Lipinski definition) is 1. The minimum atomic E-state index is -0.244. The van der Waals surface area contributed by atoms with E-state index in [1.165, 1.54) is 6.42 Å². The van der Waals surface area contributed by atoms with Crippen LogP contribution in [0.3, 0.4) is 0 Å². The SMILES string of the molecule is CCCCCn1cc(C(=O)NC2C(C)(C)[C@H]3CC[C@]2(C)C3)c(=O)c2cc(-c3ccco3)ccc21. The number of furan rings is 1. The highest BCUT2D eigenvalue weighted by Gasteiger charge is 2.59. The summed E-state index contributed by atoms with van der Waals surface area (Å²) in [5.41, 5.74) is 1.87. The minimum absolute atomic E-state index is 0.0338. The molecule has 2 heterocycles. The van der Waals surface area contributed by atoms with Crippen molar-refractivity contribution < 1.29 is 9.21 Å². The van der Waals surface area contributed by atoms with Crippen LogP contribution >= 0.6 is 0 Å². The molecule has 2 bridgehead atoms. The number of aromatic nitrogens is 1. The van der Waals surface area contributed by atoms with Gasteiger partial charge < -0.3 is 14.3 Å². The lowest BCUT2D eigenvalue weighted by Gasteiger charge is -2.43. The van der Waals surface area contributed by atoms with Gasteiger partial charge in [-0.1, -0.05) is 40.5 Å². The molecule has 0 spiro atoms. The molecule has 5 rings (SSSR count). The van der Waals surface area contributed by atoms with Gasteiger partial charge in [0.25, 0.3) is 5.91 Å². The van der Waals surface area contributed by atoms with Crippen molar-refractivity contribution >= 4 is 16.8 Å². The van der Waals surface area contributed by atoms with Gasteiger partial charge in [-0.25, -0.2) is 0 Å². The summed E-state index contributed by atoms with van der Waals surface area (Å²) in [5.74, 6) is 1.10. The van der Waals surface area contributed by atoms with E-state index in [-0.39, 0.29) is 33.8 Å². The van der Waals surface area contributed by atoms with Gasteiger partial charge in [0.2, 0.25) is 5.43 Å². The lowest BCUT2D eigenvalue weighted by Crippen LogP contribution is -2.53. The Balaban J connectivity index is 1.56. The van der Waals surface area contributed by atoms with E-state index in [1.807, 2.05) is 30.3 Å². The van der Waals surface area contributed by atoms with Crippen LogP contribution in [-0.2, 0) is 6.54 Å². The Morgan fingerprint density at radius 2 is 2.03 bits per heavy atom. The fraction of sp³-hybridized carbons (Fsp3) is 0.517. The number of pyridine rings is 1. The normalized spacial score (nSPS) is 25.2. The Morgan fingerprint density at radius 3 is 2.71 bits per heavy atom. The monoisotopic (exact) mass is 460 g/mol. The first-order chi connectivity index (χ1) is 16.2. The molecule has 5 nitrogen and oxygen atoms in total. The van der Waals surface area contributed by atoms with Crippen LogP contribution in [0.1, 0.15) is 76.6 Å². The number of aryl methyl sites for hydroxylation is 1. The number of carbonyl (C=O) groups excluding carboxylic acids is 1. The topological polar surface area (TPSA) is 64.2 Å². The van der Waals surface area contributed by atoms with Crippen LogP contribution < -0.4 is 10.7 Å². The van der Waals surface area contributed by atoms with Crippen LogP contribution in [0.25, 0.3) is 22.2 Å². The molecule has 1 aromatic carbocycles. The van der Waals surface area contributed by atoms with Gasteiger partial charge in [-0.15, -0.1) is 0 Å². The molecule has 180 valence electrons. The lowest BCUT2D eigenvalue weighted by molar-refractivity contribution is 0.0736. The largest absolute Gasteiger partial charge is 0.464 e. The van der Waals surface area contributed by atoms with Gasteiger partial charge >= 0.3 is 0 Å². The van der Waals surface area contributed by atoms with E-state index in [0.717, 1.165) is 49.7 Å². The third kappa shape index (κ3) is 3.70. The molecule has 34 heavy (non-hydrogen) atoms. The lowest BCUT2D eigenvalue weighted by atomic mass is 9.68. The third-order valence-electron chi connectivity index (χ3n) is 8.68. The molecule has 1 unspecified atom stereocenters. The van der Waals surface area contributed by atoms with Crippen molar-refractivity contribution in [1.82, 2.24) is 9.88 Å². The zero-order chi connectivity index (χ0) is 24.1. The van der Waals surface area contributed by atoms with E-state index in [9.17, 15) is 9.59 Å². The highest BCUT2D eigenvalue weighted by atomic mass is 16.3. The molecule has 2 aliphatic rings. The molecule has 0 saturated heterocycles. The highest BCUT2D eigenvalue weighted by Crippen LogP contribution is 2.62. The highest BCUT2D eigenvalue weighted by molar-refractivity contribution is 5.98. The summed E-state index contributed by atoms with van der Waals surface area (Å²) in [4.78, 5) is 27.3. The first kappa shape index (κ1) is 22.9. The maximum absolute atomic E-state index is 13.6. The fourth-order valence-electron chi connectivity index (χ4n) is 6.74. The van der Waals surface area contributed by atoms with Crippen molar-refractivity contribution in [2.45, 2.75) is 78.8 Å². The van der Waals surface area contributed by atoms with E-state index in [4.69, 9.17) is 4.42 Å². The number of rotatable bonds is 7. The average molecular weight is 461 g/mol. The molecule has 0 radical (unpaired) electrons. The van der Waals surface area contributed by atoms with E-state index in [1.54, 1.807) is 12.5 Å². The summed E-state index contributed by atoms with van der Waals surface area (Å²) >= 11 is 0. The van der Waals surface area contributed by atoms with Crippen molar-refractivity contribution in [2.75, 3.05) is 0 Å². The number of hydrogen-bond acceptors (Lipinski definition) is 3. The molecule has 1 N–H and O–H groups in total. The molecule has 2 aliphatic carbocycles. The van der Waals surface area contributed by atoms with Gasteiger partial charge in [0.05, 0.1) is 11.8 Å². The van der Waals surface area contributed by atoms with Gasteiger partial charge in [-0.2, -0.15) is 0 Å². The zero-order valence-corrected chi connectivity index (χ0v) is 20.8. The molecular weight excluding hydrogens is 424 g/mol. The summed E-state index contributed by atoms with van der Waals surface area (Å²) in [6.07, 6.45) is 10.2. The smallest absolute Gasteiger partial charge is 0.257 e. The molecule has 3 atom stereocenters. The second-order valence-corrected chi connectivity index (χ2v) is 11.3. The number of nitrogens with one attached hydrogen (secondary N) is 1. The Morgan fingerprint density at radius 1 is 1.21 bits per heavy atom. The number of unbranched alkanes of at least 4 members (excludes halogenated alkanes) is 2. The Bertz CT molecular complexity index is 1270. The van der Waals surface area contributed by atoms with Gasteiger partial charge in [0.15, 0.2) is 0 Å². The summed E-state index contributed by atoms with van der Waals surface area (Å²) in [5, 5.41) is 3.89. The van der Waals surface area contributed by atoms with Gasteiger partial charge in [-0.05, 0) is 72.8 Å². The number of nitrogens with zero attached hydrogens (tertiary/aromatic N) is 1.